The maximum atomic E-state index is 11.8. The van der Waals surface area contributed by atoms with Gasteiger partial charge < -0.3 is 5.32 Å². The van der Waals surface area contributed by atoms with Gasteiger partial charge in [0.15, 0.2) is 0 Å². The van der Waals surface area contributed by atoms with Crippen LogP contribution in [0.25, 0.3) is 0 Å². The van der Waals surface area contributed by atoms with E-state index in [0.29, 0.717) is 29.0 Å². The lowest BCUT2D eigenvalue weighted by molar-refractivity contribution is 0.112. The molecule has 1 saturated carbocycles. The average Bonchev–Trinajstić information content (AvgIpc) is 2.34. The van der Waals surface area contributed by atoms with Crippen molar-refractivity contribution >= 4 is 9.84 Å². The topological polar surface area (TPSA) is 46.2 Å². The molecule has 0 aromatic carbocycles. The number of hydrogen-bond acceptors (Lipinski definition) is 3. The van der Waals surface area contributed by atoms with Gasteiger partial charge in [-0.05, 0) is 49.5 Å². The molecule has 0 aromatic heterocycles. The lowest BCUT2D eigenvalue weighted by Crippen LogP contribution is -2.38. The Bertz CT molecular complexity index is 385. The van der Waals surface area contributed by atoms with Gasteiger partial charge >= 0.3 is 0 Å². The zero-order valence-electron chi connectivity index (χ0n) is 13.9. The minimum atomic E-state index is -2.83. The maximum absolute atomic E-state index is 11.8. The summed E-state index contributed by atoms with van der Waals surface area (Å²) in [6, 6.07) is 0.505. The van der Waals surface area contributed by atoms with E-state index in [4.69, 9.17) is 0 Å². The predicted octanol–water partition coefficient (Wildman–Crippen LogP) is 3.25. The van der Waals surface area contributed by atoms with Gasteiger partial charge in [0.05, 0.1) is 5.75 Å². The quantitative estimate of drug-likeness (QED) is 0.785. The van der Waals surface area contributed by atoms with Crippen molar-refractivity contribution < 1.29 is 8.42 Å². The highest BCUT2D eigenvalue weighted by Gasteiger charge is 2.34. The molecule has 2 unspecified atom stereocenters. The van der Waals surface area contributed by atoms with E-state index in [-0.39, 0.29) is 5.75 Å². The van der Waals surface area contributed by atoms with E-state index in [1.165, 1.54) is 12.8 Å². The van der Waals surface area contributed by atoms with Crippen LogP contribution < -0.4 is 5.32 Å². The van der Waals surface area contributed by atoms with Gasteiger partial charge in [0.2, 0.25) is 0 Å². The summed E-state index contributed by atoms with van der Waals surface area (Å²) in [5.74, 6) is 1.82. The van der Waals surface area contributed by atoms with Gasteiger partial charge in [-0.3, -0.25) is 0 Å². The fourth-order valence-electron chi connectivity index (χ4n) is 3.26. The van der Waals surface area contributed by atoms with Crippen molar-refractivity contribution in [1.29, 1.82) is 0 Å². The normalized spacial score (nSPS) is 26.9. The predicted molar refractivity (Wildman–Crippen MR) is 86.7 cm³/mol. The van der Waals surface area contributed by atoms with E-state index < -0.39 is 9.84 Å². The van der Waals surface area contributed by atoms with Crippen LogP contribution in [0.1, 0.15) is 60.3 Å². The molecule has 1 aliphatic carbocycles. The highest BCUT2D eigenvalue weighted by atomic mass is 32.2. The zero-order valence-corrected chi connectivity index (χ0v) is 14.7. The summed E-state index contributed by atoms with van der Waals surface area (Å²) in [4.78, 5) is 0. The van der Waals surface area contributed by atoms with Gasteiger partial charge in [0.25, 0.3) is 0 Å². The molecule has 120 valence electrons. The summed E-state index contributed by atoms with van der Waals surface area (Å²) in [5.41, 5.74) is 0.370. The molecule has 2 atom stereocenters. The highest BCUT2D eigenvalue weighted by molar-refractivity contribution is 7.91. The second-order valence-corrected chi connectivity index (χ2v) is 9.99. The van der Waals surface area contributed by atoms with Gasteiger partial charge in [-0.15, -0.1) is 0 Å². The van der Waals surface area contributed by atoms with E-state index in [0.717, 1.165) is 19.4 Å². The molecule has 1 N–H and O–H groups in total. The fourth-order valence-corrected chi connectivity index (χ4v) is 4.21. The summed E-state index contributed by atoms with van der Waals surface area (Å²) >= 11 is 0. The Hall–Kier alpha value is -0.0900. The first-order valence-electron chi connectivity index (χ1n) is 8.09. The largest absolute Gasteiger partial charge is 0.314 e. The van der Waals surface area contributed by atoms with E-state index >= 15 is 0 Å². The van der Waals surface area contributed by atoms with Crippen molar-refractivity contribution in [3.05, 3.63) is 0 Å². The van der Waals surface area contributed by atoms with E-state index in [1.54, 1.807) is 6.92 Å². The number of nitrogens with one attached hydrogen (secondary N) is 1. The summed E-state index contributed by atoms with van der Waals surface area (Å²) in [6.07, 6.45) is 4.48. The summed E-state index contributed by atoms with van der Waals surface area (Å²) < 4.78 is 23.5. The molecule has 0 spiro atoms. The zero-order chi connectivity index (χ0) is 15.4. The van der Waals surface area contributed by atoms with Gasteiger partial charge in [0, 0.05) is 11.8 Å². The lowest BCUT2D eigenvalue weighted by atomic mass is 9.66. The van der Waals surface area contributed by atoms with Gasteiger partial charge in [0.1, 0.15) is 9.84 Å². The third-order valence-electron chi connectivity index (χ3n) is 4.70. The summed E-state index contributed by atoms with van der Waals surface area (Å²) in [6.45, 7) is 11.8. The molecule has 4 heteroatoms. The Morgan fingerprint density at radius 3 is 2.45 bits per heavy atom. The van der Waals surface area contributed by atoms with Crippen LogP contribution in [0.5, 0.6) is 0 Å². The SMILES string of the molecule is CCS(=O)(=O)CCC1CC(C)(C)CCC1CNC(C)C. The minimum Gasteiger partial charge on any atom is -0.314 e. The van der Waals surface area contributed by atoms with Crippen molar-refractivity contribution in [1.82, 2.24) is 5.32 Å². The van der Waals surface area contributed by atoms with Crippen LogP contribution in [0.2, 0.25) is 0 Å². The smallest absolute Gasteiger partial charge is 0.150 e. The molecule has 1 fully saturated rings. The van der Waals surface area contributed by atoms with Crippen molar-refractivity contribution in [2.75, 3.05) is 18.1 Å². The van der Waals surface area contributed by atoms with Crippen LogP contribution >= 0.6 is 0 Å². The Morgan fingerprint density at radius 1 is 1.25 bits per heavy atom. The molecular formula is C16H33NO2S. The standard InChI is InChI=1S/C16H33NO2S/c1-6-20(18,19)10-8-14-11-16(4,5)9-7-15(14)12-17-13(2)3/h13-15,17H,6-12H2,1-5H3. The molecule has 3 nitrogen and oxygen atoms in total. The van der Waals surface area contributed by atoms with Crippen molar-refractivity contribution in [2.24, 2.45) is 17.3 Å². The molecule has 0 aromatic rings. The molecule has 1 aliphatic rings. The highest BCUT2D eigenvalue weighted by Crippen LogP contribution is 2.43. The number of rotatable bonds is 7. The van der Waals surface area contributed by atoms with Crippen molar-refractivity contribution in [2.45, 2.75) is 66.3 Å². The van der Waals surface area contributed by atoms with E-state index in [9.17, 15) is 8.42 Å². The first-order valence-corrected chi connectivity index (χ1v) is 9.91. The molecule has 0 radical (unpaired) electrons. The van der Waals surface area contributed by atoms with Crippen LogP contribution in [-0.2, 0) is 9.84 Å². The maximum Gasteiger partial charge on any atom is 0.150 e. The van der Waals surface area contributed by atoms with Crippen LogP contribution in [0.3, 0.4) is 0 Å². The Labute approximate surface area is 125 Å². The third kappa shape index (κ3) is 6.13. The molecule has 0 amide bonds. The van der Waals surface area contributed by atoms with Crippen molar-refractivity contribution in [3.8, 4) is 0 Å². The molecule has 0 bridgehead atoms. The van der Waals surface area contributed by atoms with Gasteiger partial charge in [-0.1, -0.05) is 34.6 Å². The first kappa shape index (κ1) is 18.0. The molecular weight excluding hydrogens is 270 g/mol. The summed E-state index contributed by atoms with van der Waals surface area (Å²) in [5, 5.41) is 3.53. The second kappa shape index (κ2) is 7.26. The van der Waals surface area contributed by atoms with Gasteiger partial charge in [-0.25, -0.2) is 8.42 Å². The first-order chi connectivity index (χ1) is 9.15. The second-order valence-electron chi connectivity index (χ2n) is 7.52. The lowest BCUT2D eigenvalue weighted by Gasteiger charge is -2.41. The monoisotopic (exact) mass is 303 g/mol. The van der Waals surface area contributed by atoms with E-state index in [1.807, 2.05) is 0 Å². The van der Waals surface area contributed by atoms with E-state index in [2.05, 4.69) is 33.0 Å². The third-order valence-corrected chi connectivity index (χ3v) is 6.44. The fraction of sp³-hybridized carbons (Fsp3) is 1.00. The number of hydrogen-bond donors (Lipinski definition) is 1. The van der Waals surface area contributed by atoms with Crippen LogP contribution in [-0.4, -0.2) is 32.5 Å². The molecule has 0 saturated heterocycles. The summed E-state index contributed by atoms with van der Waals surface area (Å²) in [7, 11) is -2.83. The molecule has 0 aliphatic heterocycles. The van der Waals surface area contributed by atoms with Gasteiger partial charge in [-0.2, -0.15) is 0 Å². The Morgan fingerprint density at radius 2 is 1.90 bits per heavy atom. The minimum absolute atomic E-state index is 0.276. The van der Waals surface area contributed by atoms with Crippen LogP contribution in [0, 0.1) is 17.3 Å². The molecule has 20 heavy (non-hydrogen) atoms. The Balaban J connectivity index is 2.62. The van der Waals surface area contributed by atoms with Crippen LogP contribution in [0.15, 0.2) is 0 Å². The number of sulfone groups is 1. The Kier molecular flexibility index (Phi) is 6.52. The molecule has 1 rings (SSSR count). The van der Waals surface area contributed by atoms with Crippen LogP contribution in [0.4, 0.5) is 0 Å². The average molecular weight is 304 g/mol. The molecule has 0 heterocycles. The van der Waals surface area contributed by atoms with Crippen molar-refractivity contribution in [3.63, 3.8) is 0 Å².